The van der Waals surface area contributed by atoms with Gasteiger partial charge in [-0.3, -0.25) is 0 Å². The number of hydrogen-bond donors (Lipinski definition) is 0. The number of pyridine rings is 1. The van der Waals surface area contributed by atoms with Gasteiger partial charge in [-0.15, -0.1) is 11.6 Å². The average Bonchev–Trinajstić information content (AvgIpc) is 2.47. The lowest BCUT2D eigenvalue weighted by atomic mass is 10.3. The molecule has 0 amide bonds. The standard InChI is InChI=1S/C13H19ClFNO4/c1-17-4-5-18-6-7-19-8-9-20-13-12(15)11(10-14)2-3-16-13/h2-3H,4-10H2,1H3. The summed E-state index contributed by atoms with van der Waals surface area (Å²) in [6.45, 7) is 2.58. The predicted octanol–water partition coefficient (Wildman–Crippen LogP) is 2.02. The number of nitrogens with zero attached hydrogens (tertiary/aromatic N) is 1. The molecule has 20 heavy (non-hydrogen) atoms. The van der Waals surface area contributed by atoms with Gasteiger partial charge in [-0.05, 0) is 6.07 Å². The first-order chi connectivity index (χ1) is 9.79. The second kappa shape index (κ2) is 10.8. The van der Waals surface area contributed by atoms with Crippen LogP contribution in [0.5, 0.6) is 5.88 Å². The molecule has 0 aliphatic carbocycles. The van der Waals surface area contributed by atoms with Crippen LogP contribution in [-0.4, -0.2) is 51.7 Å². The fourth-order valence-corrected chi connectivity index (χ4v) is 1.53. The SMILES string of the molecule is COCCOCCOCCOc1nccc(CCl)c1F. The van der Waals surface area contributed by atoms with Crippen molar-refractivity contribution in [1.82, 2.24) is 4.98 Å². The van der Waals surface area contributed by atoms with E-state index in [-0.39, 0.29) is 18.4 Å². The highest BCUT2D eigenvalue weighted by Crippen LogP contribution is 2.18. The van der Waals surface area contributed by atoms with Gasteiger partial charge in [0, 0.05) is 18.9 Å². The fraction of sp³-hybridized carbons (Fsp3) is 0.615. The van der Waals surface area contributed by atoms with E-state index in [0.29, 0.717) is 38.6 Å². The van der Waals surface area contributed by atoms with Gasteiger partial charge in [0.25, 0.3) is 5.88 Å². The summed E-state index contributed by atoms with van der Waals surface area (Å²) < 4.78 is 34.2. The molecule has 0 unspecified atom stereocenters. The van der Waals surface area contributed by atoms with Gasteiger partial charge in [0.1, 0.15) is 6.61 Å². The van der Waals surface area contributed by atoms with Crippen molar-refractivity contribution < 1.29 is 23.3 Å². The Labute approximate surface area is 122 Å². The summed E-state index contributed by atoms with van der Waals surface area (Å²) >= 11 is 5.59. The van der Waals surface area contributed by atoms with E-state index in [1.165, 1.54) is 12.3 Å². The van der Waals surface area contributed by atoms with Gasteiger partial charge >= 0.3 is 0 Å². The van der Waals surface area contributed by atoms with Crippen molar-refractivity contribution in [3.63, 3.8) is 0 Å². The number of aromatic nitrogens is 1. The molecule has 0 fully saturated rings. The zero-order valence-corrected chi connectivity index (χ0v) is 12.2. The molecule has 1 aromatic rings. The molecule has 0 aromatic carbocycles. The first-order valence-corrected chi connectivity index (χ1v) is 6.79. The van der Waals surface area contributed by atoms with Gasteiger partial charge in [-0.1, -0.05) is 0 Å². The third-order valence-corrected chi connectivity index (χ3v) is 2.64. The molecule has 0 aliphatic rings. The van der Waals surface area contributed by atoms with Crippen LogP contribution in [0.25, 0.3) is 0 Å². The zero-order chi connectivity index (χ0) is 14.6. The topological polar surface area (TPSA) is 49.8 Å². The first-order valence-electron chi connectivity index (χ1n) is 6.26. The molecule has 5 nitrogen and oxygen atoms in total. The fourth-order valence-electron chi connectivity index (χ4n) is 1.33. The lowest BCUT2D eigenvalue weighted by Crippen LogP contribution is -2.13. The normalized spacial score (nSPS) is 10.8. The Morgan fingerprint density at radius 2 is 1.75 bits per heavy atom. The quantitative estimate of drug-likeness (QED) is 0.462. The Balaban J connectivity index is 2.09. The minimum atomic E-state index is -0.523. The predicted molar refractivity (Wildman–Crippen MR) is 72.8 cm³/mol. The Hall–Kier alpha value is -0.950. The van der Waals surface area contributed by atoms with Crippen LogP contribution >= 0.6 is 11.6 Å². The number of methoxy groups -OCH3 is 1. The monoisotopic (exact) mass is 307 g/mol. The molecule has 114 valence electrons. The van der Waals surface area contributed by atoms with Crippen LogP contribution < -0.4 is 4.74 Å². The highest BCUT2D eigenvalue weighted by atomic mass is 35.5. The van der Waals surface area contributed by atoms with E-state index in [9.17, 15) is 4.39 Å². The van der Waals surface area contributed by atoms with E-state index in [1.807, 2.05) is 0 Å². The third-order valence-electron chi connectivity index (χ3n) is 2.35. The van der Waals surface area contributed by atoms with Crippen LogP contribution in [0.2, 0.25) is 0 Å². The number of ether oxygens (including phenoxy) is 4. The van der Waals surface area contributed by atoms with Crippen LogP contribution in [0.3, 0.4) is 0 Å². The van der Waals surface area contributed by atoms with Crippen molar-refractivity contribution in [3.05, 3.63) is 23.6 Å². The lowest BCUT2D eigenvalue weighted by Gasteiger charge is -2.08. The highest BCUT2D eigenvalue weighted by Gasteiger charge is 2.09. The van der Waals surface area contributed by atoms with Crippen molar-refractivity contribution in [2.24, 2.45) is 0 Å². The number of halogens is 2. The van der Waals surface area contributed by atoms with Crippen molar-refractivity contribution in [3.8, 4) is 5.88 Å². The highest BCUT2D eigenvalue weighted by molar-refractivity contribution is 6.17. The largest absolute Gasteiger partial charge is 0.473 e. The van der Waals surface area contributed by atoms with Crippen molar-refractivity contribution in [1.29, 1.82) is 0 Å². The molecular weight excluding hydrogens is 289 g/mol. The van der Waals surface area contributed by atoms with Gasteiger partial charge in [-0.25, -0.2) is 9.37 Å². The summed E-state index contributed by atoms with van der Waals surface area (Å²) in [5.74, 6) is -0.492. The molecule has 1 heterocycles. The molecule has 0 radical (unpaired) electrons. The summed E-state index contributed by atoms with van der Waals surface area (Å²) in [5, 5.41) is 0. The van der Waals surface area contributed by atoms with Crippen LogP contribution in [0.1, 0.15) is 5.56 Å². The third kappa shape index (κ3) is 6.47. The van der Waals surface area contributed by atoms with Crippen molar-refractivity contribution in [2.75, 3.05) is 46.8 Å². The van der Waals surface area contributed by atoms with E-state index < -0.39 is 5.82 Å². The molecule has 0 atom stereocenters. The minimum absolute atomic E-state index is 0.0527. The maximum absolute atomic E-state index is 13.7. The second-order valence-electron chi connectivity index (χ2n) is 3.79. The molecule has 1 rings (SSSR count). The van der Waals surface area contributed by atoms with E-state index in [0.717, 1.165) is 0 Å². The maximum atomic E-state index is 13.7. The van der Waals surface area contributed by atoms with Gasteiger partial charge in [0.15, 0.2) is 5.82 Å². The molecule has 0 saturated carbocycles. The zero-order valence-electron chi connectivity index (χ0n) is 11.4. The van der Waals surface area contributed by atoms with E-state index in [1.54, 1.807) is 7.11 Å². The first kappa shape index (κ1) is 17.1. The minimum Gasteiger partial charge on any atom is -0.473 e. The van der Waals surface area contributed by atoms with Crippen LogP contribution in [-0.2, 0) is 20.1 Å². The summed E-state index contributed by atoms with van der Waals surface area (Å²) in [7, 11) is 1.61. The van der Waals surface area contributed by atoms with Crippen LogP contribution in [0.4, 0.5) is 4.39 Å². The molecular formula is C13H19ClFNO4. The van der Waals surface area contributed by atoms with E-state index in [4.69, 9.17) is 30.5 Å². The van der Waals surface area contributed by atoms with Crippen molar-refractivity contribution in [2.45, 2.75) is 5.88 Å². The Kier molecular flexibility index (Phi) is 9.23. The van der Waals surface area contributed by atoms with Gasteiger partial charge < -0.3 is 18.9 Å². The Bertz CT molecular complexity index is 381. The molecule has 0 bridgehead atoms. The molecule has 7 heteroatoms. The lowest BCUT2D eigenvalue weighted by molar-refractivity contribution is 0.0173. The number of alkyl halides is 1. The van der Waals surface area contributed by atoms with Gasteiger partial charge in [0.05, 0.1) is 38.9 Å². The molecule has 0 N–H and O–H groups in total. The smallest absolute Gasteiger partial charge is 0.250 e. The summed E-state index contributed by atoms with van der Waals surface area (Å²) in [4.78, 5) is 3.80. The Morgan fingerprint density at radius 3 is 2.40 bits per heavy atom. The van der Waals surface area contributed by atoms with Gasteiger partial charge in [0.2, 0.25) is 0 Å². The van der Waals surface area contributed by atoms with Crippen LogP contribution in [0.15, 0.2) is 12.3 Å². The van der Waals surface area contributed by atoms with Crippen molar-refractivity contribution >= 4 is 11.6 Å². The summed E-state index contributed by atoms with van der Waals surface area (Å²) in [5.41, 5.74) is 0.365. The molecule has 1 aromatic heterocycles. The van der Waals surface area contributed by atoms with E-state index >= 15 is 0 Å². The molecule has 0 saturated heterocycles. The molecule has 0 spiro atoms. The number of rotatable bonds is 11. The Morgan fingerprint density at radius 1 is 1.10 bits per heavy atom. The summed E-state index contributed by atoms with van der Waals surface area (Å²) in [6, 6.07) is 1.52. The maximum Gasteiger partial charge on any atom is 0.250 e. The van der Waals surface area contributed by atoms with Crippen LogP contribution in [0, 0.1) is 5.82 Å². The average molecular weight is 308 g/mol. The summed E-state index contributed by atoms with van der Waals surface area (Å²) in [6.07, 6.45) is 1.46. The second-order valence-corrected chi connectivity index (χ2v) is 4.06. The number of hydrogen-bond acceptors (Lipinski definition) is 5. The molecule has 0 aliphatic heterocycles. The van der Waals surface area contributed by atoms with Gasteiger partial charge in [-0.2, -0.15) is 0 Å². The van der Waals surface area contributed by atoms with E-state index in [2.05, 4.69) is 4.98 Å².